The zero-order valence-electron chi connectivity index (χ0n) is 14.0. The Hall–Kier alpha value is -2.14. The highest BCUT2D eigenvalue weighted by molar-refractivity contribution is 7.09. The molecule has 126 valence electrons. The highest BCUT2D eigenvalue weighted by atomic mass is 32.1. The Balaban J connectivity index is 1.57. The SMILES string of the molecule is Cc1nc(C=CC(=O)Nc2ccc(N3CCCCCC3)cc2)cs1. The number of hydrogen-bond acceptors (Lipinski definition) is 4. The van der Waals surface area contributed by atoms with Gasteiger partial charge < -0.3 is 10.2 Å². The number of aryl methyl sites for hydroxylation is 1. The van der Waals surface area contributed by atoms with Crippen LogP contribution in [0.3, 0.4) is 0 Å². The van der Waals surface area contributed by atoms with Crippen LogP contribution in [0.1, 0.15) is 36.4 Å². The van der Waals surface area contributed by atoms with Gasteiger partial charge in [-0.2, -0.15) is 0 Å². The number of amides is 1. The summed E-state index contributed by atoms with van der Waals surface area (Å²) in [5.41, 5.74) is 2.88. The van der Waals surface area contributed by atoms with Crippen LogP contribution in [0.4, 0.5) is 11.4 Å². The van der Waals surface area contributed by atoms with Crippen molar-refractivity contribution in [1.82, 2.24) is 4.98 Å². The Labute approximate surface area is 147 Å². The monoisotopic (exact) mass is 341 g/mol. The fourth-order valence-electron chi connectivity index (χ4n) is 2.89. The molecule has 0 bridgehead atoms. The van der Waals surface area contributed by atoms with E-state index in [-0.39, 0.29) is 5.91 Å². The van der Waals surface area contributed by atoms with Gasteiger partial charge in [0.2, 0.25) is 5.91 Å². The predicted octanol–water partition coefficient (Wildman–Crippen LogP) is 4.48. The van der Waals surface area contributed by atoms with E-state index in [1.165, 1.54) is 37.4 Å². The van der Waals surface area contributed by atoms with E-state index >= 15 is 0 Å². The van der Waals surface area contributed by atoms with Gasteiger partial charge in [-0.25, -0.2) is 4.98 Å². The van der Waals surface area contributed by atoms with Crippen LogP contribution in [-0.2, 0) is 4.79 Å². The third-order valence-electron chi connectivity index (χ3n) is 4.15. The number of hydrogen-bond donors (Lipinski definition) is 1. The van der Waals surface area contributed by atoms with Gasteiger partial charge in [0.25, 0.3) is 0 Å². The van der Waals surface area contributed by atoms with Gasteiger partial charge in [-0.05, 0) is 50.1 Å². The maximum Gasteiger partial charge on any atom is 0.248 e. The lowest BCUT2D eigenvalue weighted by Crippen LogP contribution is -2.23. The van der Waals surface area contributed by atoms with E-state index < -0.39 is 0 Å². The molecule has 1 saturated heterocycles. The summed E-state index contributed by atoms with van der Waals surface area (Å²) in [6.07, 6.45) is 8.45. The lowest BCUT2D eigenvalue weighted by molar-refractivity contribution is -0.111. The van der Waals surface area contributed by atoms with Gasteiger partial charge in [0, 0.05) is 35.9 Å². The normalized spacial score (nSPS) is 15.5. The van der Waals surface area contributed by atoms with Crippen molar-refractivity contribution in [2.75, 3.05) is 23.3 Å². The quantitative estimate of drug-likeness (QED) is 0.834. The van der Waals surface area contributed by atoms with E-state index in [0.29, 0.717) is 0 Å². The van der Waals surface area contributed by atoms with Crippen molar-refractivity contribution in [3.63, 3.8) is 0 Å². The molecule has 1 aliphatic rings. The number of carbonyl (C=O) groups is 1. The summed E-state index contributed by atoms with van der Waals surface area (Å²) in [5, 5.41) is 5.83. The minimum absolute atomic E-state index is 0.136. The Kier molecular flexibility index (Phi) is 5.64. The number of aromatic nitrogens is 1. The molecule has 4 nitrogen and oxygen atoms in total. The van der Waals surface area contributed by atoms with Crippen molar-refractivity contribution in [3.8, 4) is 0 Å². The number of carbonyl (C=O) groups excluding carboxylic acids is 1. The summed E-state index contributed by atoms with van der Waals surface area (Å²) in [7, 11) is 0. The van der Waals surface area contributed by atoms with Crippen LogP contribution in [0, 0.1) is 6.92 Å². The van der Waals surface area contributed by atoms with Gasteiger partial charge in [-0.1, -0.05) is 12.8 Å². The predicted molar refractivity (Wildman–Crippen MR) is 102 cm³/mol. The maximum absolute atomic E-state index is 12.0. The fraction of sp³-hybridized carbons (Fsp3) is 0.368. The average Bonchev–Trinajstić information content (AvgIpc) is 2.84. The van der Waals surface area contributed by atoms with Crippen molar-refractivity contribution in [2.24, 2.45) is 0 Å². The first kappa shape index (κ1) is 16.7. The van der Waals surface area contributed by atoms with Gasteiger partial charge in [-0.15, -0.1) is 11.3 Å². The third-order valence-corrected chi connectivity index (χ3v) is 4.94. The molecule has 0 spiro atoms. The number of nitrogens with zero attached hydrogens (tertiary/aromatic N) is 2. The molecule has 1 aliphatic heterocycles. The van der Waals surface area contributed by atoms with E-state index in [0.717, 1.165) is 29.5 Å². The molecule has 0 unspecified atom stereocenters. The van der Waals surface area contributed by atoms with Crippen LogP contribution >= 0.6 is 11.3 Å². The minimum atomic E-state index is -0.136. The molecule has 1 fully saturated rings. The van der Waals surface area contributed by atoms with Crippen molar-refractivity contribution >= 4 is 34.7 Å². The second kappa shape index (κ2) is 8.11. The molecule has 2 aromatic rings. The zero-order valence-corrected chi connectivity index (χ0v) is 14.8. The van der Waals surface area contributed by atoms with Gasteiger partial charge in [0.05, 0.1) is 10.7 Å². The van der Waals surface area contributed by atoms with Crippen molar-refractivity contribution in [3.05, 3.63) is 46.4 Å². The molecule has 0 radical (unpaired) electrons. The van der Waals surface area contributed by atoms with Gasteiger partial charge in [-0.3, -0.25) is 4.79 Å². The van der Waals surface area contributed by atoms with Gasteiger partial charge in [0.15, 0.2) is 0 Å². The lowest BCUT2D eigenvalue weighted by Gasteiger charge is -2.22. The van der Waals surface area contributed by atoms with Crippen molar-refractivity contribution in [1.29, 1.82) is 0 Å². The number of nitrogens with one attached hydrogen (secondary N) is 1. The highest BCUT2D eigenvalue weighted by Crippen LogP contribution is 2.21. The first-order chi connectivity index (χ1) is 11.7. The summed E-state index contributed by atoms with van der Waals surface area (Å²) >= 11 is 1.58. The fourth-order valence-corrected chi connectivity index (χ4v) is 3.47. The van der Waals surface area contributed by atoms with E-state index in [1.54, 1.807) is 17.4 Å². The number of rotatable bonds is 4. The molecule has 2 heterocycles. The number of benzene rings is 1. The van der Waals surface area contributed by atoms with Crippen LogP contribution in [0.5, 0.6) is 0 Å². The smallest absolute Gasteiger partial charge is 0.248 e. The van der Waals surface area contributed by atoms with Crippen LogP contribution in [0.25, 0.3) is 6.08 Å². The second-order valence-electron chi connectivity index (χ2n) is 6.06. The molecule has 5 heteroatoms. The summed E-state index contributed by atoms with van der Waals surface area (Å²) in [6, 6.07) is 8.13. The molecule has 1 aromatic carbocycles. The van der Waals surface area contributed by atoms with Crippen LogP contribution in [0.2, 0.25) is 0 Å². The first-order valence-electron chi connectivity index (χ1n) is 8.47. The Morgan fingerprint density at radius 3 is 2.50 bits per heavy atom. The van der Waals surface area contributed by atoms with Crippen molar-refractivity contribution < 1.29 is 4.79 Å². The Morgan fingerprint density at radius 2 is 1.88 bits per heavy atom. The Bertz CT molecular complexity index is 698. The van der Waals surface area contributed by atoms with Crippen LogP contribution in [0.15, 0.2) is 35.7 Å². The van der Waals surface area contributed by atoms with E-state index in [4.69, 9.17) is 0 Å². The van der Waals surface area contributed by atoms with E-state index in [9.17, 15) is 4.79 Å². The van der Waals surface area contributed by atoms with E-state index in [2.05, 4.69) is 27.3 Å². The topological polar surface area (TPSA) is 45.2 Å². The van der Waals surface area contributed by atoms with E-state index in [1.807, 2.05) is 24.4 Å². The molecule has 0 atom stereocenters. The van der Waals surface area contributed by atoms with Crippen molar-refractivity contribution in [2.45, 2.75) is 32.6 Å². The molecule has 1 amide bonds. The molecule has 0 aliphatic carbocycles. The summed E-state index contributed by atoms with van der Waals surface area (Å²) < 4.78 is 0. The second-order valence-corrected chi connectivity index (χ2v) is 7.12. The molecular formula is C19H23N3OS. The largest absolute Gasteiger partial charge is 0.372 e. The number of anilines is 2. The molecule has 1 aromatic heterocycles. The van der Waals surface area contributed by atoms with Crippen LogP contribution < -0.4 is 10.2 Å². The number of thiazole rings is 1. The third kappa shape index (κ3) is 4.68. The first-order valence-corrected chi connectivity index (χ1v) is 9.35. The summed E-state index contributed by atoms with van der Waals surface area (Å²) in [6.45, 7) is 4.21. The van der Waals surface area contributed by atoms with Gasteiger partial charge in [0.1, 0.15) is 0 Å². The lowest BCUT2D eigenvalue weighted by atomic mass is 10.2. The molecule has 1 N–H and O–H groups in total. The maximum atomic E-state index is 12.0. The zero-order chi connectivity index (χ0) is 16.8. The Morgan fingerprint density at radius 1 is 1.17 bits per heavy atom. The molecular weight excluding hydrogens is 318 g/mol. The molecule has 3 rings (SSSR count). The van der Waals surface area contributed by atoms with Crippen LogP contribution in [-0.4, -0.2) is 24.0 Å². The van der Waals surface area contributed by atoms with Gasteiger partial charge >= 0.3 is 0 Å². The standard InChI is InChI=1S/C19H23N3OS/c1-15-20-17(14-24-15)8-11-19(23)21-16-6-9-18(10-7-16)22-12-4-2-3-5-13-22/h6-11,14H,2-5,12-13H2,1H3,(H,21,23). The average molecular weight is 341 g/mol. The molecule has 24 heavy (non-hydrogen) atoms. The highest BCUT2D eigenvalue weighted by Gasteiger charge is 2.09. The minimum Gasteiger partial charge on any atom is -0.372 e. The molecule has 0 saturated carbocycles. The summed E-state index contributed by atoms with van der Waals surface area (Å²) in [4.78, 5) is 18.7. The summed E-state index contributed by atoms with van der Waals surface area (Å²) in [5.74, 6) is -0.136.